The maximum Gasteiger partial charge on any atom is 0.320 e. The molecule has 0 saturated carbocycles. The van der Waals surface area contributed by atoms with Crippen LogP contribution in [0.15, 0.2) is 59.5 Å². The van der Waals surface area contributed by atoms with Crippen LogP contribution in [0.3, 0.4) is 0 Å². The number of hydrogen-bond donors (Lipinski definition) is 0. The Balaban J connectivity index is 2.07. The molecule has 0 bridgehead atoms. The Labute approximate surface area is 198 Å². The second kappa shape index (κ2) is 8.65. The number of aryl methyl sites for hydroxylation is 1. The Hall–Kier alpha value is -3.16. The first-order valence-corrected chi connectivity index (χ1v) is 10.7. The Morgan fingerprint density at radius 1 is 1.03 bits per heavy atom. The molecule has 5 nitrogen and oxygen atoms in total. The number of halogens is 4. The summed E-state index contributed by atoms with van der Waals surface area (Å²) in [6.45, 7) is -2.89. The molecule has 2 aromatic carbocycles. The average Bonchev–Trinajstić information content (AvgIpc) is 3.09. The molecule has 0 aliphatic carbocycles. The zero-order valence-corrected chi connectivity index (χ0v) is 19.5. The van der Waals surface area contributed by atoms with E-state index >= 15 is 0 Å². The zero-order valence-electron chi connectivity index (χ0n) is 17.9. The summed E-state index contributed by atoms with van der Waals surface area (Å²) >= 11 is 12.3. The number of fused-ring (bicyclic) bond motifs is 3. The van der Waals surface area contributed by atoms with Gasteiger partial charge in [-0.25, -0.2) is 0 Å². The molecular formula is C24H19Cl2F2N3O2. The van der Waals surface area contributed by atoms with Crippen molar-refractivity contribution in [3.63, 3.8) is 0 Å². The summed E-state index contributed by atoms with van der Waals surface area (Å²) < 4.78 is 30.2. The van der Waals surface area contributed by atoms with Gasteiger partial charge in [0.05, 0.1) is 10.5 Å². The monoisotopic (exact) mass is 489 g/mol. The van der Waals surface area contributed by atoms with Crippen LogP contribution in [0.4, 0.5) is 8.78 Å². The Morgan fingerprint density at radius 3 is 2.39 bits per heavy atom. The Morgan fingerprint density at radius 2 is 1.76 bits per heavy atom. The van der Waals surface area contributed by atoms with E-state index in [1.165, 1.54) is 42.0 Å². The van der Waals surface area contributed by atoms with Crippen molar-refractivity contribution < 1.29 is 13.6 Å². The van der Waals surface area contributed by atoms with E-state index in [1.807, 2.05) is 0 Å². The van der Waals surface area contributed by atoms with E-state index in [0.717, 1.165) is 4.57 Å². The van der Waals surface area contributed by atoms with Gasteiger partial charge in [-0.2, -0.15) is 8.78 Å². The van der Waals surface area contributed by atoms with Crippen molar-refractivity contribution in [2.75, 3.05) is 14.1 Å². The molecule has 0 aliphatic heterocycles. The molecular weight excluding hydrogens is 471 g/mol. The highest BCUT2D eigenvalue weighted by Crippen LogP contribution is 2.36. The minimum atomic E-state index is -2.89. The second-order valence-electron chi connectivity index (χ2n) is 7.81. The lowest BCUT2D eigenvalue weighted by Crippen LogP contribution is -2.21. The summed E-state index contributed by atoms with van der Waals surface area (Å²) in [4.78, 5) is 27.5. The van der Waals surface area contributed by atoms with Gasteiger partial charge >= 0.3 is 6.55 Å². The molecule has 0 saturated heterocycles. The number of aromatic nitrogens is 2. The zero-order chi connectivity index (χ0) is 24.0. The molecule has 2 heterocycles. The summed E-state index contributed by atoms with van der Waals surface area (Å²) in [5.41, 5.74) is 0.789. The van der Waals surface area contributed by atoms with Crippen LogP contribution < -0.4 is 5.56 Å². The predicted octanol–water partition coefficient (Wildman–Crippen LogP) is 6.12. The molecule has 170 valence electrons. The van der Waals surface area contributed by atoms with Crippen LogP contribution in [0.2, 0.25) is 10.0 Å². The molecule has 0 spiro atoms. The number of rotatable bonds is 5. The van der Waals surface area contributed by atoms with E-state index < -0.39 is 12.1 Å². The molecule has 0 fully saturated rings. The van der Waals surface area contributed by atoms with Crippen LogP contribution in [-0.2, 0) is 7.05 Å². The fourth-order valence-corrected chi connectivity index (χ4v) is 4.37. The van der Waals surface area contributed by atoms with Gasteiger partial charge < -0.3 is 4.90 Å². The van der Waals surface area contributed by atoms with Gasteiger partial charge in [0, 0.05) is 65.9 Å². The van der Waals surface area contributed by atoms with Crippen molar-refractivity contribution in [3.05, 3.63) is 80.7 Å². The van der Waals surface area contributed by atoms with E-state index in [4.69, 9.17) is 23.2 Å². The Bertz CT molecular complexity index is 1500. The van der Waals surface area contributed by atoms with Gasteiger partial charge in [0.15, 0.2) is 5.78 Å². The molecule has 4 rings (SSSR count). The van der Waals surface area contributed by atoms with Crippen LogP contribution in [-0.4, -0.2) is 33.9 Å². The van der Waals surface area contributed by atoms with Crippen LogP contribution in [0, 0.1) is 0 Å². The van der Waals surface area contributed by atoms with Gasteiger partial charge in [0.2, 0.25) is 0 Å². The molecule has 33 heavy (non-hydrogen) atoms. The number of hydrogen-bond acceptors (Lipinski definition) is 3. The summed E-state index contributed by atoms with van der Waals surface area (Å²) in [5, 5.41) is 1.50. The third-order valence-corrected chi connectivity index (χ3v) is 5.93. The van der Waals surface area contributed by atoms with Crippen molar-refractivity contribution >= 4 is 50.9 Å². The maximum absolute atomic E-state index is 14.1. The predicted molar refractivity (Wildman–Crippen MR) is 129 cm³/mol. The lowest BCUT2D eigenvalue weighted by atomic mass is 10.0. The van der Waals surface area contributed by atoms with E-state index in [-0.39, 0.29) is 27.5 Å². The van der Waals surface area contributed by atoms with Crippen LogP contribution in [0.5, 0.6) is 0 Å². The van der Waals surface area contributed by atoms with E-state index in [9.17, 15) is 18.4 Å². The normalized spacial score (nSPS) is 11.9. The number of ketones is 1. The number of allylic oxidation sites excluding steroid dienone is 1. The van der Waals surface area contributed by atoms with Gasteiger partial charge in [0.1, 0.15) is 5.65 Å². The van der Waals surface area contributed by atoms with Gasteiger partial charge in [-0.3, -0.25) is 18.7 Å². The van der Waals surface area contributed by atoms with Crippen molar-refractivity contribution in [1.82, 2.24) is 14.0 Å². The third-order valence-electron chi connectivity index (χ3n) is 5.38. The molecule has 2 aromatic heterocycles. The van der Waals surface area contributed by atoms with Crippen LogP contribution in [0.1, 0.15) is 16.9 Å². The lowest BCUT2D eigenvalue weighted by Gasteiger charge is -2.11. The summed E-state index contributed by atoms with van der Waals surface area (Å²) in [6, 6.07) is 10.8. The van der Waals surface area contributed by atoms with Crippen molar-refractivity contribution in [2.24, 2.45) is 7.05 Å². The molecule has 9 heteroatoms. The van der Waals surface area contributed by atoms with Crippen molar-refractivity contribution in [2.45, 2.75) is 6.55 Å². The number of carbonyl (C=O) groups is 1. The molecule has 0 N–H and O–H groups in total. The molecule has 0 aliphatic rings. The quantitative estimate of drug-likeness (QED) is 0.250. The third kappa shape index (κ3) is 4.03. The fourth-order valence-electron chi connectivity index (χ4n) is 3.86. The van der Waals surface area contributed by atoms with E-state index in [0.29, 0.717) is 26.9 Å². The topological polar surface area (TPSA) is 47.2 Å². The first-order chi connectivity index (χ1) is 15.6. The van der Waals surface area contributed by atoms with Crippen molar-refractivity contribution in [3.8, 4) is 11.1 Å². The number of carbonyl (C=O) groups excluding carboxylic acids is 1. The van der Waals surface area contributed by atoms with Gasteiger partial charge in [0.25, 0.3) is 5.56 Å². The highest BCUT2D eigenvalue weighted by atomic mass is 35.5. The summed E-state index contributed by atoms with van der Waals surface area (Å²) in [5.74, 6) is -0.269. The van der Waals surface area contributed by atoms with Crippen LogP contribution in [0.25, 0.3) is 33.1 Å². The fraction of sp³-hybridized carbons (Fsp3) is 0.167. The van der Waals surface area contributed by atoms with Gasteiger partial charge in [-0.05, 0) is 36.4 Å². The second-order valence-corrected chi connectivity index (χ2v) is 8.65. The first kappa shape index (κ1) is 23.0. The number of benzene rings is 2. The summed E-state index contributed by atoms with van der Waals surface area (Å²) in [7, 11) is 5.00. The van der Waals surface area contributed by atoms with Crippen molar-refractivity contribution in [1.29, 1.82) is 0 Å². The van der Waals surface area contributed by atoms with Crippen LogP contribution >= 0.6 is 23.2 Å². The van der Waals surface area contributed by atoms with E-state index in [2.05, 4.69) is 0 Å². The minimum Gasteiger partial charge on any atom is -0.383 e. The minimum absolute atomic E-state index is 0.0484. The highest BCUT2D eigenvalue weighted by molar-refractivity contribution is 6.36. The molecule has 0 radical (unpaired) electrons. The molecule has 0 amide bonds. The molecule has 4 aromatic rings. The first-order valence-electron chi connectivity index (χ1n) is 9.90. The largest absolute Gasteiger partial charge is 0.383 e. The standard InChI is InChI=1S/C24H19Cl2F2N3O2/c1-29(2)9-8-21(32)13-4-7-20-16(10-13)17-12-18(15-6-5-14(25)11-19(15)26)23(33)30(3)22(17)31(20)24(27)28/h4-12,24H,1-3H3. The molecule has 0 atom stereocenters. The highest BCUT2D eigenvalue weighted by Gasteiger charge is 2.23. The Kier molecular flexibility index (Phi) is 6.03. The maximum atomic E-state index is 14.1. The lowest BCUT2D eigenvalue weighted by molar-refractivity contribution is 0.0785. The summed E-state index contributed by atoms with van der Waals surface area (Å²) in [6.07, 6.45) is 3.02. The smallest absolute Gasteiger partial charge is 0.320 e. The SMILES string of the molecule is CN(C)C=CC(=O)c1ccc2c(c1)c1cc(-c3ccc(Cl)cc3Cl)c(=O)n(C)c1n2C(F)F. The van der Waals surface area contributed by atoms with Gasteiger partial charge in [-0.15, -0.1) is 0 Å². The van der Waals surface area contributed by atoms with E-state index in [1.54, 1.807) is 43.4 Å². The number of pyridine rings is 1. The number of alkyl halides is 2. The molecule has 0 unspecified atom stereocenters. The van der Waals surface area contributed by atoms with Gasteiger partial charge in [-0.1, -0.05) is 29.3 Å². The average molecular weight is 490 g/mol. The number of nitrogens with zero attached hydrogens (tertiary/aromatic N) is 3.